The number of anilines is 1. The SMILES string of the molecule is Cc1cc(C#CC2CC2)ccc1N(C(=O)c1cn(CC2OCC3(CC3)CO2)nn1)C(C)C. The van der Waals surface area contributed by atoms with E-state index >= 15 is 0 Å². The molecule has 1 saturated heterocycles. The number of aryl methyl sites for hydroxylation is 1. The highest BCUT2D eigenvalue weighted by Crippen LogP contribution is 2.48. The molecule has 0 radical (unpaired) electrons. The first kappa shape index (κ1) is 21.2. The van der Waals surface area contributed by atoms with Crippen LogP contribution < -0.4 is 4.90 Å². The van der Waals surface area contributed by atoms with Gasteiger partial charge in [0.1, 0.15) is 0 Å². The minimum absolute atomic E-state index is 0.0329. The molecule has 32 heavy (non-hydrogen) atoms. The van der Waals surface area contributed by atoms with E-state index in [1.807, 2.05) is 32.9 Å². The number of carbonyl (C=O) groups is 1. The molecule has 0 N–H and O–H groups in total. The van der Waals surface area contributed by atoms with Gasteiger partial charge in [-0.15, -0.1) is 5.10 Å². The fraction of sp³-hybridized carbons (Fsp3) is 0.560. The first-order valence-corrected chi connectivity index (χ1v) is 11.5. The Balaban J connectivity index is 1.29. The van der Waals surface area contributed by atoms with Gasteiger partial charge in [0.05, 0.1) is 26.0 Å². The van der Waals surface area contributed by atoms with Crippen LogP contribution in [0.2, 0.25) is 0 Å². The van der Waals surface area contributed by atoms with Gasteiger partial charge in [-0.2, -0.15) is 0 Å². The van der Waals surface area contributed by atoms with E-state index in [-0.39, 0.29) is 23.7 Å². The molecule has 7 heteroatoms. The van der Waals surface area contributed by atoms with Crippen molar-refractivity contribution < 1.29 is 14.3 Å². The maximum Gasteiger partial charge on any atom is 0.280 e. The van der Waals surface area contributed by atoms with Crippen LogP contribution in [0.25, 0.3) is 0 Å². The summed E-state index contributed by atoms with van der Waals surface area (Å²) in [5.74, 6) is 6.93. The Morgan fingerprint density at radius 1 is 1.28 bits per heavy atom. The van der Waals surface area contributed by atoms with Crippen molar-refractivity contribution >= 4 is 11.6 Å². The summed E-state index contributed by atoms with van der Waals surface area (Å²) in [6.45, 7) is 7.91. The molecule has 1 spiro atoms. The van der Waals surface area contributed by atoms with Crippen LogP contribution in [0, 0.1) is 30.1 Å². The van der Waals surface area contributed by atoms with Gasteiger partial charge in [-0.05, 0) is 70.2 Å². The minimum Gasteiger partial charge on any atom is -0.350 e. The van der Waals surface area contributed by atoms with Crippen molar-refractivity contribution in [2.45, 2.75) is 65.3 Å². The van der Waals surface area contributed by atoms with E-state index < -0.39 is 0 Å². The lowest BCUT2D eigenvalue weighted by atomic mass is 10.1. The molecule has 2 saturated carbocycles. The number of hydrogen-bond acceptors (Lipinski definition) is 5. The summed E-state index contributed by atoms with van der Waals surface area (Å²) in [5.41, 5.74) is 3.44. The van der Waals surface area contributed by atoms with Crippen LogP contribution in [0.1, 0.15) is 61.1 Å². The van der Waals surface area contributed by atoms with Crippen LogP contribution >= 0.6 is 0 Å². The van der Waals surface area contributed by atoms with Gasteiger partial charge in [-0.25, -0.2) is 4.68 Å². The molecule has 3 fully saturated rings. The topological polar surface area (TPSA) is 69.5 Å². The van der Waals surface area contributed by atoms with Crippen LogP contribution in [0.15, 0.2) is 24.4 Å². The van der Waals surface area contributed by atoms with E-state index in [0.29, 0.717) is 18.2 Å². The number of amides is 1. The first-order chi connectivity index (χ1) is 15.4. The summed E-state index contributed by atoms with van der Waals surface area (Å²) in [7, 11) is 0. The number of rotatable bonds is 5. The molecule has 1 amide bonds. The van der Waals surface area contributed by atoms with E-state index in [1.54, 1.807) is 15.8 Å². The van der Waals surface area contributed by atoms with Gasteiger partial charge in [0.15, 0.2) is 12.0 Å². The zero-order valence-corrected chi connectivity index (χ0v) is 19.0. The summed E-state index contributed by atoms with van der Waals surface area (Å²) >= 11 is 0. The second kappa shape index (κ2) is 8.34. The summed E-state index contributed by atoms with van der Waals surface area (Å²) < 4.78 is 13.3. The van der Waals surface area contributed by atoms with Crippen molar-refractivity contribution in [3.63, 3.8) is 0 Å². The normalized spacial score (nSPS) is 19.6. The third kappa shape index (κ3) is 4.57. The number of carbonyl (C=O) groups excluding carboxylic acids is 1. The predicted octanol–water partition coefficient (Wildman–Crippen LogP) is 3.56. The highest BCUT2D eigenvalue weighted by Gasteiger charge is 2.47. The van der Waals surface area contributed by atoms with Gasteiger partial charge < -0.3 is 14.4 Å². The molecule has 0 unspecified atom stereocenters. The molecule has 3 aliphatic rings. The standard InChI is InChI=1S/C25H30N4O3/c1-17(2)29(22-9-8-20(12-18(22)3)7-6-19-4-5-19)24(30)21-13-28(27-26-21)14-23-31-15-25(10-11-25)16-32-23/h8-9,12-13,17,19,23H,4-5,10-11,14-16H2,1-3H3. The fourth-order valence-corrected chi connectivity index (χ4v) is 4.00. The summed E-state index contributed by atoms with van der Waals surface area (Å²) in [5, 5.41) is 8.29. The van der Waals surface area contributed by atoms with Crippen molar-refractivity contribution in [3.8, 4) is 11.8 Å². The molecule has 2 aromatic rings. The highest BCUT2D eigenvalue weighted by atomic mass is 16.7. The molecule has 1 aromatic heterocycles. The molecular formula is C25H30N4O3. The number of hydrogen-bond donors (Lipinski definition) is 0. The van der Waals surface area contributed by atoms with E-state index in [0.717, 1.165) is 30.0 Å². The van der Waals surface area contributed by atoms with Gasteiger partial charge >= 0.3 is 0 Å². The highest BCUT2D eigenvalue weighted by molar-refractivity contribution is 6.05. The lowest BCUT2D eigenvalue weighted by Gasteiger charge is -2.29. The van der Waals surface area contributed by atoms with Crippen molar-refractivity contribution in [1.29, 1.82) is 0 Å². The average Bonchev–Trinajstić information content (AvgIpc) is 3.69. The van der Waals surface area contributed by atoms with Crippen molar-refractivity contribution in [2.75, 3.05) is 18.1 Å². The monoisotopic (exact) mass is 434 g/mol. The number of ether oxygens (including phenoxy) is 2. The van der Waals surface area contributed by atoms with Crippen molar-refractivity contribution in [2.24, 2.45) is 11.3 Å². The van der Waals surface area contributed by atoms with Gasteiger partial charge in [0.2, 0.25) is 0 Å². The van der Waals surface area contributed by atoms with Gasteiger partial charge in [0.25, 0.3) is 5.91 Å². The molecule has 0 bridgehead atoms. The van der Waals surface area contributed by atoms with Gasteiger partial charge in [-0.1, -0.05) is 17.1 Å². The van der Waals surface area contributed by atoms with E-state index in [2.05, 4.69) is 28.2 Å². The second-order valence-corrected chi connectivity index (χ2v) is 9.69. The molecule has 2 aliphatic carbocycles. The van der Waals surface area contributed by atoms with Gasteiger partial charge in [-0.3, -0.25) is 4.79 Å². The number of benzene rings is 1. The molecule has 168 valence electrons. The van der Waals surface area contributed by atoms with Crippen LogP contribution in [0.3, 0.4) is 0 Å². The van der Waals surface area contributed by atoms with Crippen molar-refractivity contribution in [1.82, 2.24) is 15.0 Å². The second-order valence-electron chi connectivity index (χ2n) is 9.69. The fourth-order valence-electron chi connectivity index (χ4n) is 4.00. The first-order valence-electron chi connectivity index (χ1n) is 11.5. The summed E-state index contributed by atoms with van der Waals surface area (Å²) in [6, 6.07) is 5.98. The molecule has 5 rings (SSSR count). The third-order valence-corrected chi connectivity index (χ3v) is 6.39. The molecular weight excluding hydrogens is 404 g/mol. The Hall–Kier alpha value is -2.69. The van der Waals surface area contributed by atoms with E-state index in [4.69, 9.17) is 9.47 Å². The zero-order valence-electron chi connectivity index (χ0n) is 19.0. The van der Waals surface area contributed by atoms with Crippen LogP contribution in [0.4, 0.5) is 5.69 Å². The Kier molecular flexibility index (Phi) is 5.52. The van der Waals surface area contributed by atoms with Crippen LogP contribution in [-0.2, 0) is 16.0 Å². The summed E-state index contributed by atoms with van der Waals surface area (Å²) in [6.07, 6.45) is 6.11. The van der Waals surface area contributed by atoms with E-state index in [9.17, 15) is 4.79 Å². The summed E-state index contributed by atoms with van der Waals surface area (Å²) in [4.78, 5) is 15.1. The minimum atomic E-state index is -0.349. The molecule has 1 aliphatic heterocycles. The third-order valence-electron chi connectivity index (χ3n) is 6.39. The predicted molar refractivity (Wildman–Crippen MR) is 120 cm³/mol. The van der Waals surface area contributed by atoms with Crippen LogP contribution in [-0.4, -0.2) is 46.4 Å². The maximum atomic E-state index is 13.4. The smallest absolute Gasteiger partial charge is 0.280 e. The molecule has 2 heterocycles. The largest absolute Gasteiger partial charge is 0.350 e. The zero-order chi connectivity index (χ0) is 22.3. The van der Waals surface area contributed by atoms with E-state index in [1.165, 1.54) is 25.7 Å². The maximum absolute atomic E-state index is 13.4. The molecule has 1 aromatic carbocycles. The molecule has 7 nitrogen and oxygen atoms in total. The quantitative estimate of drug-likeness (QED) is 0.673. The number of nitrogens with zero attached hydrogens (tertiary/aromatic N) is 4. The lowest BCUT2D eigenvalue weighted by Crippen LogP contribution is -2.38. The Labute approximate surface area is 189 Å². The Bertz CT molecular complexity index is 1060. The Morgan fingerprint density at radius 2 is 2.03 bits per heavy atom. The van der Waals surface area contributed by atoms with Gasteiger partial charge in [0, 0.05) is 28.6 Å². The van der Waals surface area contributed by atoms with Crippen molar-refractivity contribution in [3.05, 3.63) is 41.2 Å². The molecule has 0 atom stereocenters. The average molecular weight is 435 g/mol. The Morgan fingerprint density at radius 3 is 2.66 bits per heavy atom. The van der Waals surface area contributed by atoms with Crippen LogP contribution in [0.5, 0.6) is 0 Å². The number of aromatic nitrogens is 3. The lowest BCUT2D eigenvalue weighted by molar-refractivity contribution is -0.213.